The van der Waals surface area contributed by atoms with Crippen LogP contribution in [-0.2, 0) is 24.3 Å². The molecule has 3 rings (SSSR count). The van der Waals surface area contributed by atoms with Crippen LogP contribution in [0.2, 0.25) is 0 Å². The molecular weight excluding hydrogens is 426 g/mol. The van der Waals surface area contributed by atoms with Crippen molar-refractivity contribution in [1.29, 1.82) is 0 Å². The Hall–Kier alpha value is -3.60. The summed E-state index contributed by atoms with van der Waals surface area (Å²) in [5, 5.41) is 2.61. The number of amidine groups is 1. The van der Waals surface area contributed by atoms with Gasteiger partial charge < -0.3 is 19.5 Å². The van der Waals surface area contributed by atoms with E-state index in [2.05, 4.69) is 15.0 Å². The highest BCUT2D eigenvalue weighted by molar-refractivity contribution is 7.90. The van der Waals surface area contributed by atoms with E-state index in [-0.39, 0.29) is 10.7 Å². The molecule has 1 atom stereocenters. The fraction of sp³-hybridized carbons (Fsp3) is 0.250. The smallest absolute Gasteiger partial charge is 0.328 e. The molecule has 1 aliphatic rings. The highest BCUT2D eigenvalue weighted by atomic mass is 32.2. The number of methoxy groups -OCH3 is 2. The molecule has 0 saturated heterocycles. The van der Waals surface area contributed by atoms with Gasteiger partial charge in [-0.3, -0.25) is 19.3 Å². The number of anilines is 1. The number of sulfonamides is 1. The molecule has 11 heteroatoms. The minimum atomic E-state index is -3.70. The zero-order valence-corrected chi connectivity index (χ0v) is 17.9. The van der Waals surface area contributed by atoms with Crippen molar-refractivity contribution < 1.29 is 32.2 Å². The van der Waals surface area contributed by atoms with Crippen LogP contribution in [0.5, 0.6) is 11.5 Å². The lowest BCUT2D eigenvalue weighted by Gasteiger charge is -2.14. The van der Waals surface area contributed by atoms with Gasteiger partial charge in [0.25, 0.3) is 15.9 Å². The standard InChI is InChI=1S/C20H21N3O7S/c1-12(20(25)22-13-8-9-15(28-2)16(10-13)29-3)30-18(24)11-21-19-14-6-4-5-7-17(14)31(26,27)23-19/h4-10,12H,11H2,1-3H3,(H,21,23)(H,22,25)/t12-/m1/s1. The Labute approximate surface area is 179 Å². The Bertz CT molecular complexity index is 1150. The van der Waals surface area contributed by atoms with Crippen LogP contribution in [-0.4, -0.2) is 53.0 Å². The number of nitrogens with one attached hydrogen (secondary N) is 2. The first-order valence-electron chi connectivity index (χ1n) is 9.14. The van der Waals surface area contributed by atoms with Gasteiger partial charge in [-0.25, -0.2) is 8.42 Å². The first-order chi connectivity index (χ1) is 14.7. The molecule has 10 nitrogen and oxygen atoms in total. The topological polar surface area (TPSA) is 132 Å². The number of esters is 1. The molecule has 0 fully saturated rings. The summed E-state index contributed by atoms with van der Waals surface area (Å²) in [5.41, 5.74) is 0.803. The van der Waals surface area contributed by atoms with Gasteiger partial charge in [0.15, 0.2) is 17.6 Å². The van der Waals surface area contributed by atoms with Gasteiger partial charge in [-0.1, -0.05) is 12.1 Å². The summed E-state index contributed by atoms with van der Waals surface area (Å²) < 4.78 is 41.8. The summed E-state index contributed by atoms with van der Waals surface area (Å²) in [4.78, 5) is 28.5. The van der Waals surface area contributed by atoms with E-state index < -0.39 is 34.5 Å². The minimum absolute atomic E-state index is 0.0509. The number of nitrogens with zero attached hydrogens (tertiary/aromatic N) is 1. The Morgan fingerprint density at radius 2 is 1.81 bits per heavy atom. The lowest BCUT2D eigenvalue weighted by atomic mass is 10.2. The molecule has 1 heterocycles. The van der Waals surface area contributed by atoms with Crippen LogP contribution in [0.3, 0.4) is 0 Å². The van der Waals surface area contributed by atoms with Crippen molar-refractivity contribution in [1.82, 2.24) is 4.72 Å². The van der Waals surface area contributed by atoms with Crippen LogP contribution in [0.25, 0.3) is 0 Å². The molecule has 2 aromatic carbocycles. The maximum absolute atomic E-state index is 12.3. The van der Waals surface area contributed by atoms with Gasteiger partial charge in [-0.15, -0.1) is 0 Å². The minimum Gasteiger partial charge on any atom is -0.493 e. The highest BCUT2D eigenvalue weighted by Crippen LogP contribution is 2.29. The molecule has 0 saturated carbocycles. The van der Waals surface area contributed by atoms with Gasteiger partial charge in [0, 0.05) is 17.3 Å². The Kier molecular flexibility index (Phi) is 6.44. The maximum Gasteiger partial charge on any atom is 0.328 e. The molecule has 0 radical (unpaired) electrons. The first-order valence-corrected chi connectivity index (χ1v) is 10.6. The number of benzene rings is 2. The number of hydrogen-bond donors (Lipinski definition) is 2. The van der Waals surface area contributed by atoms with Crippen molar-refractivity contribution in [2.75, 3.05) is 26.1 Å². The number of ether oxygens (including phenoxy) is 3. The number of carbonyl (C=O) groups is 2. The molecule has 0 unspecified atom stereocenters. The summed E-state index contributed by atoms with van der Waals surface area (Å²) in [6, 6.07) is 11.1. The van der Waals surface area contributed by atoms with Crippen LogP contribution in [0.15, 0.2) is 52.4 Å². The lowest BCUT2D eigenvalue weighted by molar-refractivity contribution is -0.151. The number of aliphatic imine (C=N–C) groups is 1. The van der Waals surface area contributed by atoms with Crippen LogP contribution >= 0.6 is 0 Å². The van der Waals surface area contributed by atoms with Crippen molar-refractivity contribution >= 4 is 33.4 Å². The number of rotatable bonds is 7. The lowest BCUT2D eigenvalue weighted by Crippen LogP contribution is -2.31. The van der Waals surface area contributed by atoms with E-state index in [1.54, 1.807) is 36.4 Å². The highest BCUT2D eigenvalue weighted by Gasteiger charge is 2.30. The quantitative estimate of drug-likeness (QED) is 0.612. The van der Waals surface area contributed by atoms with Crippen molar-refractivity contribution in [2.45, 2.75) is 17.9 Å². The zero-order valence-electron chi connectivity index (χ0n) is 17.0. The van der Waals surface area contributed by atoms with Gasteiger partial charge in [0.1, 0.15) is 12.4 Å². The zero-order chi connectivity index (χ0) is 22.6. The van der Waals surface area contributed by atoms with Gasteiger partial charge >= 0.3 is 5.97 Å². The van der Waals surface area contributed by atoms with Gasteiger partial charge in [-0.2, -0.15) is 0 Å². The Morgan fingerprint density at radius 3 is 2.52 bits per heavy atom. The van der Waals surface area contributed by atoms with Crippen molar-refractivity contribution in [3.8, 4) is 11.5 Å². The van der Waals surface area contributed by atoms with Gasteiger partial charge in [0.05, 0.1) is 19.1 Å². The van der Waals surface area contributed by atoms with Crippen molar-refractivity contribution in [3.63, 3.8) is 0 Å². The first kappa shape index (κ1) is 22.1. The number of fused-ring (bicyclic) bond motifs is 1. The third-order valence-corrected chi connectivity index (χ3v) is 5.75. The second-order valence-corrected chi connectivity index (χ2v) is 8.11. The third kappa shape index (κ3) is 4.94. The van der Waals surface area contributed by atoms with E-state index in [9.17, 15) is 18.0 Å². The Balaban J connectivity index is 1.60. The van der Waals surface area contributed by atoms with E-state index in [0.717, 1.165) is 0 Å². The van der Waals surface area contributed by atoms with Crippen LogP contribution < -0.4 is 19.5 Å². The van der Waals surface area contributed by atoms with E-state index in [4.69, 9.17) is 14.2 Å². The monoisotopic (exact) mass is 447 g/mol. The van der Waals surface area contributed by atoms with E-state index >= 15 is 0 Å². The molecule has 0 aromatic heterocycles. The summed E-state index contributed by atoms with van der Waals surface area (Å²) in [6.45, 7) is 0.953. The number of amides is 1. The van der Waals surface area contributed by atoms with Crippen molar-refractivity contribution in [3.05, 3.63) is 48.0 Å². The molecule has 2 aromatic rings. The second kappa shape index (κ2) is 9.04. The third-order valence-electron chi connectivity index (χ3n) is 4.36. The molecule has 164 valence electrons. The fourth-order valence-electron chi connectivity index (χ4n) is 2.84. The molecule has 2 N–H and O–H groups in total. The van der Waals surface area contributed by atoms with E-state index in [1.165, 1.54) is 27.2 Å². The van der Waals surface area contributed by atoms with Crippen molar-refractivity contribution in [2.24, 2.45) is 4.99 Å². The normalized spacial score (nSPS) is 16.0. The predicted molar refractivity (Wildman–Crippen MR) is 112 cm³/mol. The summed E-state index contributed by atoms with van der Waals surface area (Å²) in [6.07, 6.45) is -1.10. The fourth-order valence-corrected chi connectivity index (χ4v) is 4.09. The summed E-state index contributed by atoms with van der Waals surface area (Å²) in [5.74, 6) is -0.357. The largest absolute Gasteiger partial charge is 0.493 e. The van der Waals surface area contributed by atoms with Crippen LogP contribution in [0, 0.1) is 0 Å². The van der Waals surface area contributed by atoms with E-state index in [1.807, 2.05) is 0 Å². The number of hydrogen-bond acceptors (Lipinski definition) is 8. The second-order valence-electron chi connectivity index (χ2n) is 6.46. The average Bonchev–Trinajstić information content (AvgIpc) is 3.02. The van der Waals surface area contributed by atoms with E-state index in [0.29, 0.717) is 22.7 Å². The van der Waals surface area contributed by atoms with Gasteiger partial charge in [-0.05, 0) is 31.2 Å². The maximum atomic E-state index is 12.3. The molecule has 0 spiro atoms. The van der Waals surface area contributed by atoms with Crippen LogP contribution in [0.1, 0.15) is 12.5 Å². The summed E-state index contributed by atoms with van der Waals surface area (Å²) >= 11 is 0. The predicted octanol–water partition coefficient (Wildman–Crippen LogP) is 1.31. The summed E-state index contributed by atoms with van der Waals surface area (Å²) in [7, 11) is -0.734. The molecule has 0 bridgehead atoms. The molecule has 1 amide bonds. The molecular formula is C20H21N3O7S. The van der Waals surface area contributed by atoms with Crippen LogP contribution in [0.4, 0.5) is 5.69 Å². The molecule has 1 aliphatic heterocycles. The Morgan fingerprint density at radius 1 is 1.10 bits per heavy atom. The molecule has 0 aliphatic carbocycles. The molecule has 31 heavy (non-hydrogen) atoms. The SMILES string of the molecule is COc1ccc(NC(=O)[C@@H](C)OC(=O)CN=C2NS(=O)(=O)c3ccccc32)cc1OC. The average molecular weight is 447 g/mol. The van der Waals surface area contributed by atoms with Gasteiger partial charge in [0.2, 0.25) is 0 Å². The number of carbonyl (C=O) groups excluding carboxylic acids is 2.